The maximum Gasteiger partial charge on any atom is 0.329 e. The number of hydrogen-bond acceptors (Lipinski definition) is 12. The van der Waals surface area contributed by atoms with E-state index < -0.39 is 34.3 Å². The van der Waals surface area contributed by atoms with Gasteiger partial charge in [-0.05, 0) is 73.6 Å². The second-order valence-corrected chi connectivity index (χ2v) is 17.1. The number of sulfonamides is 1. The van der Waals surface area contributed by atoms with E-state index in [1.807, 2.05) is 59.0 Å². The number of carboxylic acid groups (broad SMARTS) is 1. The number of rotatable bonds is 16. The number of anilines is 2. The minimum atomic E-state index is -4.17. The first kappa shape index (κ1) is 40.0. The Hall–Kier alpha value is -5.23. The minimum Gasteiger partial charge on any atom is -0.480 e. The van der Waals surface area contributed by atoms with Gasteiger partial charge in [-0.25, -0.2) is 27.9 Å². The molecule has 17 heteroatoms. The monoisotopic (exact) mass is 815 g/mol. The number of nitrogens with zero attached hydrogens (tertiary/aromatic N) is 5. The van der Waals surface area contributed by atoms with Crippen molar-refractivity contribution in [2.24, 2.45) is 5.92 Å². The van der Waals surface area contributed by atoms with Gasteiger partial charge in [0.15, 0.2) is 5.13 Å². The van der Waals surface area contributed by atoms with Crippen LogP contribution in [0.5, 0.6) is 0 Å². The highest BCUT2D eigenvalue weighted by molar-refractivity contribution is 7.90. The van der Waals surface area contributed by atoms with Crippen LogP contribution in [0.3, 0.4) is 0 Å². The van der Waals surface area contributed by atoms with Gasteiger partial charge in [0.2, 0.25) is 10.0 Å². The number of aliphatic carboxylic acids is 1. The molecule has 0 bridgehead atoms. The first-order chi connectivity index (χ1) is 27.5. The Kier molecular flexibility index (Phi) is 12.6. The smallest absolute Gasteiger partial charge is 0.329 e. The first-order valence-electron chi connectivity index (χ1n) is 19.0. The quantitative estimate of drug-likeness (QED) is 0.107. The number of nitrogens with one attached hydrogen (secondary N) is 2. The maximum atomic E-state index is 14.0. The molecule has 7 rings (SSSR count). The highest BCUT2D eigenvalue weighted by atomic mass is 32.2. The number of pyridine rings is 1. The van der Waals surface area contributed by atoms with Crippen LogP contribution in [0.4, 0.5) is 10.9 Å². The second kappa shape index (κ2) is 17.9. The summed E-state index contributed by atoms with van der Waals surface area (Å²) in [5.74, 6) is -1.85. The molecule has 300 valence electrons. The predicted octanol–water partition coefficient (Wildman–Crippen LogP) is 5.44. The fourth-order valence-electron chi connectivity index (χ4n) is 7.39. The molecule has 3 N–H and O–H groups in total. The molecule has 0 radical (unpaired) electrons. The molecule has 0 atom stereocenters. The van der Waals surface area contributed by atoms with Gasteiger partial charge in [-0.1, -0.05) is 54.9 Å². The Balaban J connectivity index is 1.13. The lowest BCUT2D eigenvalue weighted by Crippen LogP contribution is -2.36. The van der Waals surface area contributed by atoms with Crippen molar-refractivity contribution >= 4 is 60.3 Å². The van der Waals surface area contributed by atoms with Gasteiger partial charge in [0.1, 0.15) is 18.1 Å². The number of carbonyl (C=O) groups is 3. The third kappa shape index (κ3) is 9.84. The zero-order valence-electron chi connectivity index (χ0n) is 31.6. The van der Waals surface area contributed by atoms with E-state index in [1.54, 1.807) is 18.3 Å². The molecule has 2 aromatic carbocycles. The van der Waals surface area contributed by atoms with E-state index in [-0.39, 0.29) is 31.4 Å². The molecule has 57 heavy (non-hydrogen) atoms. The molecule has 1 fully saturated rings. The summed E-state index contributed by atoms with van der Waals surface area (Å²) in [6, 6.07) is 16.9. The lowest BCUT2D eigenvalue weighted by molar-refractivity contribution is -0.142. The van der Waals surface area contributed by atoms with Crippen LogP contribution >= 0.6 is 11.3 Å². The van der Waals surface area contributed by atoms with Crippen molar-refractivity contribution < 1.29 is 37.4 Å². The predicted molar refractivity (Wildman–Crippen MR) is 216 cm³/mol. The van der Waals surface area contributed by atoms with Crippen LogP contribution in [0, 0.1) is 12.8 Å². The summed E-state index contributed by atoms with van der Waals surface area (Å²) in [6.07, 6.45) is 8.23. The van der Waals surface area contributed by atoms with E-state index in [0.29, 0.717) is 53.1 Å². The largest absolute Gasteiger partial charge is 0.480 e. The van der Waals surface area contributed by atoms with E-state index in [9.17, 15) is 22.8 Å². The lowest BCUT2D eigenvalue weighted by Gasteiger charge is -2.31. The third-order valence-electron chi connectivity index (χ3n) is 10.3. The van der Waals surface area contributed by atoms with Crippen LogP contribution in [-0.2, 0) is 43.8 Å². The summed E-state index contributed by atoms with van der Waals surface area (Å²) in [4.78, 5) is 49.6. The SMILES string of the molecule is Cc1c(-c2ccc(N3CCc4cccc(C(=O)Nc5nc6ccccc6s5)c4C3)nc2C(=O)NS(=O)(=O)CCOCCOCC(=O)O)cnn1CC1CCCCC1. The molecule has 0 spiro atoms. The number of thiazole rings is 1. The second-order valence-electron chi connectivity index (χ2n) is 14.3. The summed E-state index contributed by atoms with van der Waals surface area (Å²) in [5, 5.41) is 16.8. The van der Waals surface area contributed by atoms with Gasteiger partial charge >= 0.3 is 5.97 Å². The molecule has 2 aliphatic rings. The molecule has 4 heterocycles. The van der Waals surface area contributed by atoms with E-state index in [0.717, 1.165) is 46.4 Å². The molecule has 1 aliphatic heterocycles. The Morgan fingerprint density at radius 3 is 2.54 bits per heavy atom. The van der Waals surface area contributed by atoms with Gasteiger partial charge in [0.25, 0.3) is 11.8 Å². The average Bonchev–Trinajstić information content (AvgIpc) is 3.78. The molecular formula is C40H45N7O8S2. The summed E-state index contributed by atoms with van der Waals surface area (Å²) in [6.45, 7) is 2.81. The van der Waals surface area contributed by atoms with Gasteiger partial charge in [-0.15, -0.1) is 0 Å². The van der Waals surface area contributed by atoms with Crippen molar-refractivity contribution in [2.45, 2.75) is 58.5 Å². The fraction of sp³-hybridized carbons (Fsp3) is 0.400. The summed E-state index contributed by atoms with van der Waals surface area (Å²) in [7, 11) is -4.17. The molecule has 2 amide bonds. The van der Waals surface area contributed by atoms with E-state index in [2.05, 4.69) is 20.1 Å². The van der Waals surface area contributed by atoms with Crippen molar-refractivity contribution in [1.82, 2.24) is 24.5 Å². The van der Waals surface area contributed by atoms with Gasteiger partial charge < -0.3 is 19.5 Å². The Morgan fingerprint density at radius 2 is 1.74 bits per heavy atom. The highest BCUT2D eigenvalue weighted by Crippen LogP contribution is 2.33. The molecule has 1 saturated carbocycles. The Labute approximate surface area is 334 Å². The molecule has 3 aromatic heterocycles. The summed E-state index contributed by atoms with van der Waals surface area (Å²) < 4.78 is 41.5. The lowest BCUT2D eigenvalue weighted by atomic mass is 9.89. The molecule has 0 unspecified atom stereocenters. The normalized spacial score (nSPS) is 14.7. The van der Waals surface area contributed by atoms with Crippen molar-refractivity contribution in [3.63, 3.8) is 0 Å². The first-order valence-corrected chi connectivity index (χ1v) is 21.5. The van der Waals surface area contributed by atoms with Crippen LogP contribution in [0.2, 0.25) is 0 Å². The van der Waals surface area contributed by atoms with Gasteiger partial charge in [0, 0.05) is 42.0 Å². The fourth-order valence-corrected chi connectivity index (χ4v) is 9.07. The van der Waals surface area contributed by atoms with Crippen LogP contribution in [-0.4, -0.2) is 89.8 Å². The number of carbonyl (C=O) groups excluding carboxylic acids is 2. The standard InChI is InChI=1S/C40H45N7O8S2/c1-26-31(22-41-47(26)23-27-8-3-2-4-9-27)29-14-15-35(43-37(29)39(51)45-57(52,53)21-20-54-18-19-55-25-36(48)49)46-17-16-28-10-7-11-30(32(28)24-46)38(50)44-40-42-33-12-5-6-13-34(33)56-40/h5-7,10-15,22,27H,2-4,8-9,16-21,23-25H2,1H3,(H,45,51)(H,48,49)(H,42,44,50). The van der Waals surface area contributed by atoms with Gasteiger partial charge in [-0.2, -0.15) is 5.10 Å². The molecule has 15 nitrogen and oxygen atoms in total. The van der Waals surface area contributed by atoms with Gasteiger partial charge in [0.05, 0.1) is 42.0 Å². The number of aromatic nitrogens is 4. The van der Waals surface area contributed by atoms with E-state index in [4.69, 9.17) is 19.6 Å². The van der Waals surface area contributed by atoms with Crippen LogP contribution < -0.4 is 14.9 Å². The number of benzene rings is 2. The zero-order chi connectivity index (χ0) is 39.9. The van der Waals surface area contributed by atoms with E-state index in [1.165, 1.54) is 30.6 Å². The molecule has 1 aliphatic carbocycles. The summed E-state index contributed by atoms with van der Waals surface area (Å²) in [5.41, 5.74) is 5.06. The maximum absolute atomic E-state index is 14.0. The third-order valence-corrected chi connectivity index (χ3v) is 12.5. The number of ether oxygens (including phenoxy) is 2. The summed E-state index contributed by atoms with van der Waals surface area (Å²) >= 11 is 1.40. The van der Waals surface area contributed by atoms with Crippen molar-refractivity contribution in [3.8, 4) is 11.1 Å². The number of hydrogen-bond donors (Lipinski definition) is 3. The Morgan fingerprint density at radius 1 is 0.930 bits per heavy atom. The average molecular weight is 816 g/mol. The number of para-hydroxylation sites is 1. The van der Waals surface area contributed by atoms with E-state index >= 15 is 0 Å². The van der Waals surface area contributed by atoms with Gasteiger partial charge in [-0.3, -0.25) is 19.6 Å². The zero-order valence-corrected chi connectivity index (χ0v) is 33.2. The molecule has 5 aromatic rings. The van der Waals surface area contributed by atoms with Crippen molar-refractivity contribution in [2.75, 3.05) is 48.9 Å². The van der Waals surface area contributed by atoms with Crippen LogP contribution in [0.1, 0.15) is 69.8 Å². The van der Waals surface area contributed by atoms with Crippen LogP contribution in [0.25, 0.3) is 21.3 Å². The number of fused-ring (bicyclic) bond motifs is 2. The molecular weight excluding hydrogens is 771 g/mol. The Bertz CT molecular complexity index is 2340. The number of carboxylic acids is 1. The topological polar surface area (TPSA) is 195 Å². The number of amides is 2. The van der Waals surface area contributed by atoms with Crippen LogP contribution in [0.15, 0.2) is 60.8 Å². The minimum absolute atomic E-state index is 0.0149. The van der Waals surface area contributed by atoms with Crippen molar-refractivity contribution in [1.29, 1.82) is 0 Å². The molecule has 0 saturated heterocycles. The van der Waals surface area contributed by atoms with Crippen molar-refractivity contribution in [3.05, 3.63) is 88.9 Å². The highest BCUT2D eigenvalue weighted by Gasteiger charge is 2.28.